The van der Waals surface area contributed by atoms with Crippen molar-refractivity contribution in [2.24, 2.45) is 11.8 Å². The smallest absolute Gasteiger partial charge is 0.145 e. The second kappa shape index (κ2) is 7.84. The molecular weight excluding hydrogens is 230 g/mol. The number of ether oxygens (including phenoxy) is 1. The van der Waals surface area contributed by atoms with Crippen LogP contribution in [0.5, 0.6) is 0 Å². The maximum Gasteiger partial charge on any atom is 0.145 e. The lowest BCUT2D eigenvalue weighted by Crippen LogP contribution is -2.18. The van der Waals surface area contributed by atoms with Crippen LogP contribution in [0.4, 0.5) is 11.6 Å². The van der Waals surface area contributed by atoms with E-state index in [9.17, 15) is 0 Å². The molecule has 1 aromatic rings. The summed E-state index contributed by atoms with van der Waals surface area (Å²) in [6.45, 7) is 5.74. The first-order valence-corrected chi connectivity index (χ1v) is 6.27. The normalized spacial score (nSPS) is 12.2. The first-order valence-electron chi connectivity index (χ1n) is 6.27. The van der Waals surface area contributed by atoms with Crippen LogP contribution in [0, 0.1) is 5.92 Å². The summed E-state index contributed by atoms with van der Waals surface area (Å²) in [5, 5.41) is 3.28. The Bertz CT molecular complexity index is 358. The van der Waals surface area contributed by atoms with Gasteiger partial charge in [-0.05, 0) is 12.3 Å². The van der Waals surface area contributed by atoms with Crippen molar-refractivity contribution in [3.8, 4) is 0 Å². The highest BCUT2D eigenvalue weighted by atomic mass is 16.5. The molecule has 0 aliphatic heterocycles. The van der Waals surface area contributed by atoms with E-state index in [1.807, 2.05) is 0 Å². The lowest BCUT2D eigenvalue weighted by atomic mass is 10.2. The van der Waals surface area contributed by atoms with Crippen LogP contribution in [0.15, 0.2) is 6.07 Å². The molecule has 6 nitrogen and oxygen atoms in total. The van der Waals surface area contributed by atoms with Crippen molar-refractivity contribution in [3.05, 3.63) is 11.9 Å². The lowest BCUT2D eigenvalue weighted by molar-refractivity contribution is 0.164. The molecule has 0 aliphatic carbocycles. The van der Waals surface area contributed by atoms with Crippen molar-refractivity contribution in [2.75, 3.05) is 31.0 Å². The van der Waals surface area contributed by atoms with Gasteiger partial charge in [0.25, 0.3) is 0 Å². The van der Waals surface area contributed by atoms with Crippen LogP contribution in [0.1, 0.15) is 26.1 Å². The minimum absolute atomic E-state index is 0.425. The van der Waals surface area contributed by atoms with Gasteiger partial charge in [0.2, 0.25) is 0 Å². The highest BCUT2D eigenvalue weighted by Gasteiger charge is 2.05. The van der Waals surface area contributed by atoms with Gasteiger partial charge < -0.3 is 15.5 Å². The van der Waals surface area contributed by atoms with Gasteiger partial charge in [-0.1, -0.05) is 13.8 Å². The van der Waals surface area contributed by atoms with E-state index < -0.39 is 0 Å². The fraction of sp³-hybridized carbons (Fsp3) is 0.667. The molecule has 0 amide bonds. The Kier molecular flexibility index (Phi) is 6.38. The second-order valence-electron chi connectivity index (χ2n) is 4.39. The fourth-order valence-corrected chi connectivity index (χ4v) is 1.62. The molecule has 1 atom stereocenters. The molecule has 0 aromatic carbocycles. The summed E-state index contributed by atoms with van der Waals surface area (Å²) < 4.78 is 5.09. The van der Waals surface area contributed by atoms with E-state index >= 15 is 0 Å². The van der Waals surface area contributed by atoms with Gasteiger partial charge in [-0.15, -0.1) is 0 Å². The number of aromatic nitrogens is 2. The zero-order valence-corrected chi connectivity index (χ0v) is 11.4. The van der Waals surface area contributed by atoms with Crippen LogP contribution in [0.3, 0.4) is 0 Å². The Hall–Kier alpha value is -1.40. The van der Waals surface area contributed by atoms with Crippen molar-refractivity contribution >= 4 is 11.6 Å². The Labute approximate surface area is 108 Å². The first kappa shape index (κ1) is 14.7. The van der Waals surface area contributed by atoms with Gasteiger partial charge in [0.05, 0.1) is 6.61 Å². The number of nitrogens with zero attached hydrogens (tertiary/aromatic N) is 2. The van der Waals surface area contributed by atoms with Gasteiger partial charge in [0, 0.05) is 26.1 Å². The second-order valence-corrected chi connectivity index (χ2v) is 4.39. The van der Waals surface area contributed by atoms with Crippen molar-refractivity contribution < 1.29 is 4.74 Å². The molecule has 0 aliphatic rings. The molecular formula is C12H23N5O. The predicted molar refractivity (Wildman–Crippen MR) is 73.4 cm³/mol. The number of nitrogens with one attached hydrogen (secondary N) is 2. The molecule has 18 heavy (non-hydrogen) atoms. The molecule has 1 aromatic heterocycles. The van der Waals surface area contributed by atoms with E-state index in [1.54, 1.807) is 13.2 Å². The molecule has 1 rings (SSSR count). The number of nitrogen functional groups attached to an aromatic ring is 1. The van der Waals surface area contributed by atoms with E-state index in [1.165, 1.54) is 0 Å². The number of methoxy groups -OCH3 is 1. The van der Waals surface area contributed by atoms with Crippen molar-refractivity contribution in [2.45, 2.75) is 26.7 Å². The molecule has 0 saturated heterocycles. The van der Waals surface area contributed by atoms with E-state index in [0.717, 1.165) is 37.6 Å². The number of hydrazine groups is 1. The molecule has 1 unspecified atom stereocenters. The summed E-state index contributed by atoms with van der Waals surface area (Å²) >= 11 is 0. The minimum atomic E-state index is 0.425. The minimum Gasteiger partial charge on any atom is -0.384 e. The molecule has 0 saturated carbocycles. The number of aryl methyl sites for hydroxylation is 1. The quantitative estimate of drug-likeness (QED) is 0.480. The van der Waals surface area contributed by atoms with Crippen molar-refractivity contribution in [1.82, 2.24) is 9.97 Å². The third kappa shape index (κ3) is 4.85. The van der Waals surface area contributed by atoms with E-state index in [4.69, 9.17) is 10.6 Å². The highest BCUT2D eigenvalue weighted by Crippen LogP contribution is 2.12. The fourth-order valence-electron chi connectivity index (χ4n) is 1.62. The van der Waals surface area contributed by atoms with E-state index in [0.29, 0.717) is 11.7 Å². The molecule has 0 fully saturated rings. The maximum atomic E-state index is 5.40. The largest absolute Gasteiger partial charge is 0.384 e. The average molecular weight is 253 g/mol. The third-order valence-electron chi connectivity index (χ3n) is 2.48. The zero-order chi connectivity index (χ0) is 13.4. The Morgan fingerprint density at radius 3 is 2.72 bits per heavy atom. The number of hydrogen-bond donors (Lipinski definition) is 3. The molecule has 6 heteroatoms. The van der Waals surface area contributed by atoms with Gasteiger partial charge in [0.1, 0.15) is 17.5 Å². The highest BCUT2D eigenvalue weighted by molar-refractivity contribution is 5.46. The third-order valence-corrected chi connectivity index (χ3v) is 2.48. The first-order chi connectivity index (χ1) is 8.69. The maximum absolute atomic E-state index is 5.40. The van der Waals surface area contributed by atoms with Gasteiger partial charge in [-0.2, -0.15) is 0 Å². The standard InChI is InChI=1S/C12H23N5O/c1-4-5-10-15-11(6-12(16-10)17-13)14-7-9(2)8-18-3/h6,9H,4-5,7-8,13H2,1-3H3,(H2,14,15,16,17). The summed E-state index contributed by atoms with van der Waals surface area (Å²) in [5.41, 5.74) is 2.56. The van der Waals surface area contributed by atoms with Crippen molar-refractivity contribution in [1.29, 1.82) is 0 Å². The number of rotatable bonds is 8. The SMILES string of the molecule is CCCc1nc(NN)cc(NCC(C)COC)n1. The molecule has 4 N–H and O–H groups in total. The number of nitrogens with two attached hydrogens (primary N) is 1. The molecule has 0 radical (unpaired) electrons. The van der Waals surface area contributed by atoms with E-state index in [2.05, 4.69) is 34.6 Å². The van der Waals surface area contributed by atoms with Crippen LogP contribution in [0.25, 0.3) is 0 Å². The van der Waals surface area contributed by atoms with E-state index in [-0.39, 0.29) is 0 Å². The monoisotopic (exact) mass is 253 g/mol. The summed E-state index contributed by atoms with van der Waals surface area (Å²) in [6.07, 6.45) is 1.85. The van der Waals surface area contributed by atoms with Crippen LogP contribution in [0.2, 0.25) is 0 Å². The van der Waals surface area contributed by atoms with Gasteiger partial charge in [-0.25, -0.2) is 15.8 Å². The number of anilines is 2. The van der Waals surface area contributed by atoms with Crippen LogP contribution in [-0.4, -0.2) is 30.2 Å². The Morgan fingerprint density at radius 1 is 1.39 bits per heavy atom. The Morgan fingerprint density at radius 2 is 2.11 bits per heavy atom. The summed E-state index contributed by atoms with van der Waals surface area (Å²) in [5.74, 6) is 8.06. The lowest BCUT2D eigenvalue weighted by Gasteiger charge is -2.13. The molecule has 102 valence electrons. The predicted octanol–water partition coefficient (Wildman–Crippen LogP) is 1.41. The number of hydrogen-bond acceptors (Lipinski definition) is 6. The van der Waals surface area contributed by atoms with Crippen LogP contribution >= 0.6 is 0 Å². The van der Waals surface area contributed by atoms with Crippen LogP contribution in [-0.2, 0) is 11.2 Å². The average Bonchev–Trinajstić information content (AvgIpc) is 2.37. The summed E-state index contributed by atoms with van der Waals surface area (Å²) in [6, 6.07) is 1.80. The van der Waals surface area contributed by atoms with Gasteiger partial charge >= 0.3 is 0 Å². The topological polar surface area (TPSA) is 85.1 Å². The van der Waals surface area contributed by atoms with Crippen molar-refractivity contribution in [3.63, 3.8) is 0 Å². The molecule has 0 bridgehead atoms. The zero-order valence-electron chi connectivity index (χ0n) is 11.4. The summed E-state index contributed by atoms with van der Waals surface area (Å²) in [4.78, 5) is 8.74. The summed E-state index contributed by atoms with van der Waals surface area (Å²) in [7, 11) is 1.71. The molecule has 1 heterocycles. The van der Waals surface area contributed by atoms with Crippen LogP contribution < -0.4 is 16.6 Å². The Balaban J connectivity index is 2.65. The molecule has 0 spiro atoms. The van der Waals surface area contributed by atoms with Gasteiger partial charge in [-0.3, -0.25) is 0 Å². The van der Waals surface area contributed by atoms with Gasteiger partial charge in [0.15, 0.2) is 0 Å².